The van der Waals surface area contributed by atoms with E-state index in [1.807, 2.05) is 63.3 Å². The minimum Gasteiger partial charge on any atom is -0.495 e. The molecule has 256 valence electrons. The van der Waals surface area contributed by atoms with Gasteiger partial charge in [0.05, 0.1) is 17.5 Å². The van der Waals surface area contributed by atoms with Crippen molar-refractivity contribution in [3.63, 3.8) is 0 Å². The molecule has 4 N–H and O–H groups in total. The van der Waals surface area contributed by atoms with Crippen LogP contribution in [0.1, 0.15) is 58.6 Å². The van der Waals surface area contributed by atoms with E-state index in [-0.39, 0.29) is 37.6 Å². The number of amides is 1. The number of halogens is 1. The van der Waals surface area contributed by atoms with Crippen molar-refractivity contribution >= 4 is 41.5 Å². The molecule has 2 aromatic rings. The van der Waals surface area contributed by atoms with E-state index in [9.17, 15) is 24.3 Å². The minimum absolute atomic E-state index is 0.00287. The summed E-state index contributed by atoms with van der Waals surface area (Å²) in [4.78, 5) is 50.9. The number of rotatable bonds is 18. The second-order valence-corrected chi connectivity index (χ2v) is 12.8. The molecule has 0 fully saturated rings. The monoisotopic (exact) mass is 670 g/mol. The number of hydrogen-bond acceptors (Lipinski definition) is 8. The fourth-order valence-electron chi connectivity index (χ4n) is 4.34. The number of carboxylic acid groups (broad SMARTS) is 1. The van der Waals surface area contributed by atoms with Crippen LogP contribution >= 0.6 is 11.6 Å². The standard InChI is InChI=1S/C36H47ClN2O8/c1-23(2)19-31(47-35(44)36(4,5)22-38)34(43)46-29(24(3)15-16-25-11-8-7-9-12-25)13-10-14-32(40)39-28(33(41)42)21-26-17-18-30(45-6)27(37)20-26/h7-12,14-18,20,23-24,28-29,31H,13,19,21-22,38H2,1-6H3,(H,39,40)(H,41,42)/b14-10+,16-15+/t24-,28-,29+,31+/m1/s1. The molecule has 0 radical (unpaired) electrons. The van der Waals surface area contributed by atoms with Crippen molar-refractivity contribution < 1.29 is 38.5 Å². The highest BCUT2D eigenvalue weighted by Crippen LogP contribution is 2.26. The molecule has 0 aliphatic rings. The average Bonchev–Trinajstić information content (AvgIpc) is 3.02. The average molecular weight is 671 g/mol. The third-order valence-corrected chi connectivity index (χ3v) is 7.71. The van der Waals surface area contributed by atoms with Gasteiger partial charge < -0.3 is 30.4 Å². The Morgan fingerprint density at radius 2 is 1.72 bits per heavy atom. The molecular formula is C36H47ClN2O8. The fourth-order valence-corrected chi connectivity index (χ4v) is 4.62. The van der Waals surface area contributed by atoms with Crippen molar-refractivity contribution in [1.29, 1.82) is 0 Å². The van der Waals surface area contributed by atoms with Crippen LogP contribution in [0.25, 0.3) is 6.08 Å². The number of nitrogens with two attached hydrogens (primary N) is 1. The van der Waals surface area contributed by atoms with Gasteiger partial charge in [0.2, 0.25) is 5.91 Å². The Hall–Kier alpha value is -4.15. The Bertz CT molecular complexity index is 1410. The summed E-state index contributed by atoms with van der Waals surface area (Å²) in [7, 11) is 1.47. The van der Waals surface area contributed by atoms with Crippen LogP contribution < -0.4 is 15.8 Å². The molecule has 0 bridgehead atoms. The molecule has 0 heterocycles. The molecular weight excluding hydrogens is 624 g/mol. The largest absolute Gasteiger partial charge is 0.495 e. The Kier molecular flexibility index (Phi) is 15.7. The topological polar surface area (TPSA) is 154 Å². The lowest BCUT2D eigenvalue weighted by atomic mass is 9.94. The Morgan fingerprint density at radius 3 is 2.30 bits per heavy atom. The first-order valence-corrected chi connectivity index (χ1v) is 15.9. The highest BCUT2D eigenvalue weighted by molar-refractivity contribution is 6.32. The van der Waals surface area contributed by atoms with E-state index in [0.717, 1.165) is 5.56 Å². The van der Waals surface area contributed by atoms with Gasteiger partial charge in [0, 0.05) is 25.3 Å². The molecule has 0 saturated heterocycles. The summed E-state index contributed by atoms with van der Waals surface area (Å²) in [6, 6.07) is 13.3. The molecule has 2 aromatic carbocycles. The summed E-state index contributed by atoms with van der Waals surface area (Å²) in [6.45, 7) is 9.00. The van der Waals surface area contributed by atoms with E-state index in [4.69, 9.17) is 31.5 Å². The maximum Gasteiger partial charge on any atom is 0.347 e. The van der Waals surface area contributed by atoms with Gasteiger partial charge >= 0.3 is 17.9 Å². The number of hydrogen-bond donors (Lipinski definition) is 3. The normalized spacial score (nSPS) is 14.4. The summed E-state index contributed by atoms with van der Waals surface area (Å²) in [5, 5.41) is 12.5. The predicted octanol–water partition coefficient (Wildman–Crippen LogP) is 5.61. The number of aliphatic carboxylic acids is 1. The third-order valence-electron chi connectivity index (χ3n) is 7.41. The van der Waals surface area contributed by atoms with E-state index >= 15 is 0 Å². The number of carbonyl (C=O) groups is 4. The Labute approximate surface area is 282 Å². The predicted molar refractivity (Wildman–Crippen MR) is 182 cm³/mol. The number of carbonyl (C=O) groups excluding carboxylic acids is 3. The summed E-state index contributed by atoms with van der Waals surface area (Å²) in [6.07, 6.45) is 5.02. The number of carboxylic acids is 1. The SMILES string of the molecule is COc1ccc(C[C@@H](NC(=O)/C=C/C[C@H](OC(=O)[C@H](CC(C)C)OC(=O)C(C)(C)CN)[C@H](C)/C=C/c2ccccc2)C(=O)O)cc1Cl. The highest BCUT2D eigenvalue weighted by atomic mass is 35.5. The van der Waals surface area contributed by atoms with Crippen molar-refractivity contribution in [1.82, 2.24) is 5.32 Å². The number of ether oxygens (including phenoxy) is 3. The van der Waals surface area contributed by atoms with Crippen molar-refractivity contribution in [2.75, 3.05) is 13.7 Å². The van der Waals surface area contributed by atoms with Gasteiger partial charge in [-0.3, -0.25) is 9.59 Å². The molecule has 0 aliphatic carbocycles. The maximum absolute atomic E-state index is 13.4. The van der Waals surface area contributed by atoms with E-state index in [1.54, 1.807) is 32.0 Å². The van der Waals surface area contributed by atoms with Crippen LogP contribution in [-0.2, 0) is 35.1 Å². The van der Waals surface area contributed by atoms with Crippen molar-refractivity contribution in [2.45, 2.75) is 72.1 Å². The second kappa shape index (κ2) is 18.9. The van der Waals surface area contributed by atoms with E-state index < -0.39 is 47.5 Å². The first-order chi connectivity index (χ1) is 22.2. The number of esters is 2. The van der Waals surface area contributed by atoms with Gasteiger partial charge in [0.1, 0.15) is 17.9 Å². The maximum atomic E-state index is 13.4. The molecule has 0 unspecified atom stereocenters. The minimum atomic E-state index is -1.22. The molecule has 0 saturated carbocycles. The fraction of sp³-hybridized carbons (Fsp3) is 0.444. The molecule has 0 aliphatic heterocycles. The lowest BCUT2D eigenvalue weighted by molar-refractivity contribution is -0.178. The van der Waals surface area contributed by atoms with Gasteiger partial charge in [0.25, 0.3) is 0 Å². The molecule has 4 atom stereocenters. The van der Waals surface area contributed by atoms with E-state index in [1.165, 1.54) is 19.3 Å². The molecule has 47 heavy (non-hydrogen) atoms. The Morgan fingerprint density at radius 1 is 1.04 bits per heavy atom. The van der Waals surface area contributed by atoms with Crippen LogP contribution in [0.15, 0.2) is 66.8 Å². The summed E-state index contributed by atoms with van der Waals surface area (Å²) in [5.74, 6) is -2.99. The highest BCUT2D eigenvalue weighted by Gasteiger charge is 2.35. The van der Waals surface area contributed by atoms with Crippen LogP contribution in [0.3, 0.4) is 0 Å². The number of benzene rings is 2. The van der Waals surface area contributed by atoms with Gasteiger partial charge in [-0.05, 0) is 55.5 Å². The Balaban J connectivity index is 2.22. The molecule has 11 heteroatoms. The summed E-state index contributed by atoms with van der Waals surface area (Å²) < 4.78 is 16.7. The summed E-state index contributed by atoms with van der Waals surface area (Å²) >= 11 is 6.17. The molecule has 10 nitrogen and oxygen atoms in total. The molecule has 0 aromatic heterocycles. The molecule has 1 amide bonds. The van der Waals surface area contributed by atoms with E-state index in [2.05, 4.69) is 5.32 Å². The number of methoxy groups -OCH3 is 1. The second-order valence-electron chi connectivity index (χ2n) is 12.4. The van der Waals surface area contributed by atoms with Gasteiger partial charge in [0.15, 0.2) is 6.10 Å². The zero-order valence-corrected chi connectivity index (χ0v) is 28.7. The summed E-state index contributed by atoms with van der Waals surface area (Å²) in [5.41, 5.74) is 6.31. The van der Waals surface area contributed by atoms with Crippen LogP contribution in [-0.4, -0.2) is 60.8 Å². The first kappa shape index (κ1) is 39.0. The first-order valence-electron chi connectivity index (χ1n) is 15.5. The smallest absolute Gasteiger partial charge is 0.347 e. The lowest BCUT2D eigenvalue weighted by Gasteiger charge is -2.27. The van der Waals surface area contributed by atoms with Crippen LogP contribution in [0, 0.1) is 17.3 Å². The lowest BCUT2D eigenvalue weighted by Crippen LogP contribution is -2.41. The van der Waals surface area contributed by atoms with Crippen LogP contribution in [0.2, 0.25) is 5.02 Å². The quantitative estimate of drug-likeness (QED) is 0.136. The molecule has 0 spiro atoms. The van der Waals surface area contributed by atoms with Crippen molar-refractivity contribution in [3.8, 4) is 5.75 Å². The molecule has 2 rings (SSSR count). The van der Waals surface area contributed by atoms with Gasteiger partial charge in [-0.15, -0.1) is 0 Å². The number of nitrogens with one attached hydrogen (secondary N) is 1. The van der Waals surface area contributed by atoms with Gasteiger partial charge in [-0.1, -0.05) is 87.0 Å². The third kappa shape index (κ3) is 13.2. The van der Waals surface area contributed by atoms with Crippen molar-refractivity contribution in [3.05, 3.63) is 82.9 Å². The van der Waals surface area contributed by atoms with Crippen LogP contribution in [0.5, 0.6) is 5.75 Å². The van der Waals surface area contributed by atoms with Crippen LogP contribution in [0.4, 0.5) is 0 Å². The van der Waals surface area contributed by atoms with Gasteiger partial charge in [-0.25, -0.2) is 9.59 Å². The zero-order chi connectivity index (χ0) is 35.1. The van der Waals surface area contributed by atoms with Gasteiger partial charge in [-0.2, -0.15) is 0 Å². The zero-order valence-electron chi connectivity index (χ0n) is 27.9. The van der Waals surface area contributed by atoms with Crippen molar-refractivity contribution in [2.24, 2.45) is 23.0 Å². The van der Waals surface area contributed by atoms with E-state index in [0.29, 0.717) is 16.3 Å².